The van der Waals surface area contributed by atoms with Crippen molar-refractivity contribution in [2.75, 3.05) is 52.5 Å². The SMILES string of the molecule is CCCCCCCCCC(CCCCCCCCC)(CCCCCCCCC)COC(=O)CCCN1CCN(CCO)CC1. The van der Waals surface area contributed by atoms with Gasteiger partial charge < -0.3 is 14.7 Å². The number of esters is 1. The lowest BCUT2D eigenvalue weighted by atomic mass is 9.74. The van der Waals surface area contributed by atoms with Crippen LogP contribution in [0.3, 0.4) is 0 Å². The summed E-state index contributed by atoms with van der Waals surface area (Å²) in [5, 5.41) is 9.19. The van der Waals surface area contributed by atoms with Crippen molar-refractivity contribution in [3.05, 3.63) is 0 Å². The fourth-order valence-corrected chi connectivity index (χ4v) is 7.09. The van der Waals surface area contributed by atoms with E-state index in [9.17, 15) is 9.90 Å². The minimum atomic E-state index is 0.0204. The van der Waals surface area contributed by atoms with Crippen LogP contribution in [-0.2, 0) is 9.53 Å². The molecule has 0 spiro atoms. The van der Waals surface area contributed by atoms with E-state index in [0.717, 1.165) is 45.7 Å². The van der Waals surface area contributed by atoms with E-state index >= 15 is 0 Å². The number of hydrogen-bond donors (Lipinski definition) is 1. The Kier molecular flexibility index (Phi) is 28.0. The van der Waals surface area contributed by atoms with Gasteiger partial charge in [-0.1, -0.05) is 156 Å². The van der Waals surface area contributed by atoms with Crippen LogP contribution in [0.1, 0.15) is 188 Å². The van der Waals surface area contributed by atoms with Gasteiger partial charge in [0.15, 0.2) is 0 Å². The van der Waals surface area contributed by atoms with Crippen molar-refractivity contribution in [2.24, 2.45) is 5.41 Å². The van der Waals surface area contributed by atoms with Gasteiger partial charge in [0.2, 0.25) is 0 Å². The van der Waals surface area contributed by atoms with Gasteiger partial charge in [-0.05, 0) is 32.2 Å². The predicted molar refractivity (Wildman–Crippen MR) is 190 cm³/mol. The minimum Gasteiger partial charge on any atom is -0.465 e. The molecule has 1 aliphatic rings. The molecule has 0 aromatic heterocycles. The van der Waals surface area contributed by atoms with Gasteiger partial charge in [-0.25, -0.2) is 0 Å². The first-order chi connectivity index (χ1) is 21.6. The molecule has 0 atom stereocenters. The number of nitrogens with zero attached hydrogens (tertiary/aromatic N) is 2. The molecule has 0 unspecified atom stereocenters. The van der Waals surface area contributed by atoms with Crippen LogP contribution >= 0.6 is 0 Å². The van der Waals surface area contributed by atoms with Crippen molar-refractivity contribution in [1.82, 2.24) is 9.80 Å². The summed E-state index contributed by atoms with van der Waals surface area (Å²) in [7, 11) is 0. The second-order valence-electron chi connectivity index (χ2n) is 14.3. The number of piperazine rings is 1. The first-order valence-electron chi connectivity index (χ1n) is 19.8. The van der Waals surface area contributed by atoms with Gasteiger partial charge in [0.25, 0.3) is 0 Å². The Morgan fingerprint density at radius 3 is 1.30 bits per heavy atom. The number of carbonyl (C=O) groups excluding carboxylic acids is 1. The lowest BCUT2D eigenvalue weighted by molar-refractivity contribution is -0.148. The van der Waals surface area contributed by atoms with Crippen LogP contribution in [0, 0.1) is 5.41 Å². The molecule has 0 bridgehead atoms. The maximum Gasteiger partial charge on any atom is 0.305 e. The average Bonchev–Trinajstić information content (AvgIpc) is 3.03. The first kappa shape index (κ1) is 41.4. The molecule has 262 valence electrons. The van der Waals surface area contributed by atoms with E-state index in [4.69, 9.17) is 4.74 Å². The lowest BCUT2D eigenvalue weighted by Gasteiger charge is -2.35. The van der Waals surface area contributed by atoms with Crippen LogP contribution in [0.5, 0.6) is 0 Å². The molecule has 1 heterocycles. The Morgan fingerprint density at radius 2 is 0.909 bits per heavy atom. The van der Waals surface area contributed by atoms with Crippen LogP contribution in [0.2, 0.25) is 0 Å². The van der Waals surface area contributed by atoms with Crippen LogP contribution < -0.4 is 0 Å². The number of aliphatic hydroxyl groups is 1. The Hall–Kier alpha value is -0.650. The largest absolute Gasteiger partial charge is 0.465 e. The fourth-order valence-electron chi connectivity index (χ4n) is 7.09. The molecule has 1 aliphatic heterocycles. The molecule has 5 heteroatoms. The third-order valence-corrected chi connectivity index (χ3v) is 10.2. The van der Waals surface area contributed by atoms with E-state index in [0.29, 0.717) is 13.0 Å². The molecule has 1 rings (SSSR count). The monoisotopic (exact) mass is 623 g/mol. The van der Waals surface area contributed by atoms with Gasteiger partial charge in [0, 0.05) is 44.6 Å². The number of aliphatic hydroxyl groups excluding tert-OH is 1. The highest BCUT2D eigenvalue weighted by Gasteiger charge is 2.30. The zero-order valence-electron chi connectivity index (χ0n) is 30.2. The number of unbranched alkanes of at least 4 members (excludes halogenated alkanes) is 18. The zero-order chi connectivity index (χ0) is 32.0. The first-order valence-corrected chi connectivity index (χ1v) is 19.8. The highest BCUT2D eigenvalue weighted by Crippen LogP contribution is 2.38. The maximum absolute atomic E-state index is 13.0. The van der Waals surface area contributed by atoms with Gasteiger partial charge in [-0.15, -0.1) is 0 Å². The van der Waals surface area contributed by atoms with E-state index in [1.54, 1.807) is 0 Å². The van der Waals surface area contributed by atoms with E-state index in [-0.39, 0.29) is 18.0 Å². The maximum atomic E-state index is 13.0. The fraction of sp³-hybridized carbons (Fsp3) is 0.974. The normalized spacial score (nSPS) is 14.8. The van der Waals surface area contributed by atoms with E-state index in [2.05, 4.69) is 30.6 Å². The molecule has 0 radical (unpaired) electrons. The third-order valence-electron chi connectivity index (χ3n) is 10.2. The molecule has 5 nitrogen and oxygen atoms in total. The number of β-amino-alcohol motifs (C(OH)–C–C–N with tert-alkyl or cyclic N) is 1. The molecule has 1 fully saturated rings. The summed E-state index contributed by atoms with van der Waals surface area (Å²) in [6, 6.07) is 0. The number of ether oxygens (including phenoxy) is 1. The Morgan fingerprint density at radius 1 is 0.545 bits per heavy atom. The third kappa shape index (κ3) is 22.8. The summed E-state index contributed by atoms with van der Waals surface area (Å²) >= 11 is 0. The van der Waals surface area contributed by atoms with Gasteiger partial charge in [-0.2, -0.15) is 0 Å². The van der Waals surface area contributed by atoms with Crippen molar-refractivity contribution in [3.8, 4) is 0 Å². The average molecular weight is 623 g/mol. The zero-order valence-corrected chi connectivity index (χ0v) is 30.2. The summed E-state index contributed by atoms with van der Waals surface area (Å²) in [5.74, 6) is 0.0204. The Labute approximate surface area is 275 Å². The van der Waals surface area contributed by atoms with Crippen molar-refractivity contribution in [3.63, 3.8) is 0 Å². The number of carbonyl (C=O) groups is 1. The number of hydrogen-bond acceptors (Lipinski definition) is 5. The molecule has 44 heavy (non-hydrogen) atoms. The summed E-state index contributed by atoms with van der Waals surface area (Å²) in [4.78, 5) is 17.8. The molecule has 1 saturated heterocycles. The van der Waals surface area contributed by atoms with Gasteiger partial charge >= 0.3 is 5.97 Å². The summed E-state index contributed by atoms with van der Waals surface area (Å²) in [6.07, 6.45) is 33.4. The van der Waals surface area contributed by atoms with Crippen molar-refractivity contribution in [1.29, 1.82) is 0 Å². The highest BCUT2D eigenvalue weighted by atomic mass is 16.5. The van der Waals surface area contributed by atoms with Crippen LogP contribution in [-0.4, -0.2) is 73.4 Å². The van der Waals surface area contributed by atoms with Gasteiger partial charge in [0.05, 0.1) is 13.2 Å². The van der Waals surface area contributed by atoms with Crippen LogP contribution in [0.15, 0.2) is 0 Å². The smallest absolute Gasteiger partial charge is 0.305 e. The summed E-state index contributed by atoms with van der Waals surface area (Å²) < 4.78 is 6.18. The molecule has 0 aromatic rings. The second-order valence-corrected chi connectivity index (χ2v) is 14.3. The van der Waals surface area contributed by atoms with Gasteiger partial charge in [0.1, 0.15) is 0 Å². The standard InChI is InChI=1S/C39H78N2O3/c1-4-7-10-13-16-19-22-27-39(28-23-20-17-14-11-8-5-2,29-24-21-18-15-12-9-6-3)37-44-38(43)26-25-30-40-31-33-41(34-32-40)35-36-42/h42H,4-37H2,1-3H3. The van der Waals surface area contributed by atoms with Crippen molar-refractivity contribution >= 4 is 5.97 Å². The van der Waals surface area contributed by atoms with Crippen molar-refractivity contribution in [2.45, 2.75) is 188 Å². The van der Waals surface area contributed by atoms with E-state index < -0.39 is 0 Å². The van der Waals surface area contributed by atoms with Crippen molar-refractivity contribution < 1.29 is 14.6 Å². The lowest BCUT2D eigenvalue weighted by Crippen LogP contribution is -2.47. The summed E-state index contributed by atoms with van der Waals surface area (Å²) in [5.41, 5.74) is 0.176. The second kappa shape index (κ2) is 29.7. The summed E-state index contributed by atoms with van der Waals surface area (Å²) in [6.45, 7) is 13.6. The Balaban J connectivity index is 2.65. The van der Waals surface area contributed by atoms with Crippen LogP contribution in [0.25, 0.3) is 0 Å². The molecular formula is C39H78N2O3. The minimum absolute atomic E-state index is 0.0204. The molecule has 0 amide bonds. The highest BCUT2D eigenvalue weighted by molar-refractivity contribution is 5.69. The molecule has 0 saturated carbocycles. The van der Waals surface area contributed by atoms with Gasteiger partial charge in [-0.3, -0.25) is 9.69 Å². The molecule has 0 aromatic carbocycles. The van der Waals surface area contributed by atoms with Crippen LogP contribution in [0.4, 0.5) is 0 Å². The Bertz CT molecular complexity index is 575. The van der Waals surface area contributed by atoms with E-state index in [1.807, 2.05) is 0 Å². The topological polar surface area (TPSA) is 53.0 Å². The quantitative estimate of drug-likeness (QED) is 0.0597. The molecular weight excluding hydrogens is 544 g/mol. The molecule has 0 aliphatic carbocycles. The van der Waals surface area contributed by atoms with E-state index in [1.165, 1.54) is 154 Å². The molecule has 1 N–H and O–H groups in total. The predicted octanol–water partition coefficient (Wildman–Crippen LogP) is 10.3. The number of rotatable bonds is 32.